The van der Waals surface area contributed by atoms with E-state index in [9.17, 15) is 14.4 Å². The molecule has 4 rings (SSSR count). The first kappa shape index (κ1) is 16.7. The SMILES string of the molecule is C[C@@]1(c2ccc3c(c2)OCO3)NC(=O)N(CC(=O)NC2CCCC2)C1=O. The fourth-order valence-corrected chi connectivity index (χ4v) is 3.73. The monoisotopic (exact) mass is 359 g/mol. The van der Waals surface area contributed by atoms with Gasteiger partial charge in [-0.25, -0.2) is 4.79 Å². The number of urea groups is 1. The summed E-state index contributed by atoms with van der Waals surface area (Å²) in [6.07, 6.45) is 4.08. The number of nitrogens with one attached hydrogen (secondary N) is 2. The van der Waals surface area contributed by atoms with Gasteiger partial charge < -0.3 is 20.1 Å². The van der Waals surface area contributed by atoms with Crippen LogP contribution in [0.5, 0.6) is 11.5 Å². The minimum absolute atomic E-state index is 0.128. The average molecular weight is 359 g/mol. The number of hydrogen-bond donors (Lipinski definition) is 2. The zero-order valence-electron chi connectivity index (χ0n) is 14.5. The molecule has 0 bridgehead atoms. The molecule has 1 saturated carbocycles. The van der Waals surface area contributed by atoms with Crippen LogP contribution in [0.2, 0.25) is 0 Å². The average Bonchev–Trinajstić information content (AvgIpc) is 3.32. The van der Waals surface area contributed by atoms with Gasteiger partial charge in [0.15, 0.2) is 11.5 Å². The molecule has 2 fully saturated rings. The second kappa shape index (κ2) is 6.19. The van der Waals surface area contributed by atoms with Gasteiger partial charge in [-0.05, 0) is 37.5 Å². The number of carbonyl (C=O) groups is 3. The molecule has 8 nitrogen and oxygen atoms in total. The number of amides is 4. The molecule has 2 aliphatic heterocycles. The van der Waals surface area contributed by atoms with Crippen LogP contribution in [0.3, 0.4) is 0 Å². The number of hydrogen-bond acceptors (Lipinski definition) is 5. The Kier molecular flexibility index (Phi) is 3.97. The van der Waals surface area contributed by atoms with E-state index in [1.165, 1.54) is 0 Å². The number of ether oxygens (including phenoxy) is 2. The highest BCUT2D eigenvalue weighted by atomic mass is 16.7. The van der Waals surface area contributed by atoms with E-state index < -0.39 is 17.5 Å². The number of carbonyl (C=O) groups excluding carboxylic acids is 3. The molecule has 1 aliphatic carbocycles. The van der Waals surface area contributed by atoms with Gasteiger partial charge in [0.25, 0.3) is 5.91 Å². The summed E-state index contributed by atoms with van der Waals surface area (Å²) in [4.78, 5) is 38.4. The summed E-state index contributed by atoms with van der Waals surface area (Å²) >= 11 is 0. The Balaban J connectivity index is 1.50. The third-order valence-electron chi connectivity index (χ3n) is 5.25. The number of benzene rings is 1. The van der Waals surface area contributed by atoms with Crippen molar-refractivity contribution >= 4 is 17.8 Å². The Labute approximate surface area is 150 Å². The van der Waals surface area contributed by atoms with E-state index >= 15 is 0 Å². The van der Waals surface area contributed by atoms with Crippen molar-refractivity contribution in [3.63, 3.8) is 0 Å². The van der Waals surface area contributed by atoms with Crippen LogP contribution in [0.25, 0.3) is 0 Å². The van der Waals surface area contributed by atoms with Crippen molar-refractivity contribution in [2.24, 2.45) is 0 Å². The van der Waals surface area contributed by atoms with Gasteiger partial charge in [0.2, 0.25) is 12.7 Å². The van der Waals surface area contributed by atoms with E-state index in [0.29, 0.717) is 17.1 Å². The van der Waals surface area contributed by atoms with E-state index in [-0.39, 0.29) is 25.3 Å². The van der Waals surface area contributed by atoms with Crippen LogP contribution in [-0.2, 0) is 15.1 Å². The summed E-state index contributed by atoms with van der Waals surface area (Å²) in [6, 6.07) is 4.68. The van der Waals surface area contributed by atoms with Crippen LogP contribution < -0.4 is 20.1 Å². The molecule has 8 heteroatoms. The number of fused-ring (bicyclic) bond motifs is 1. The Morgan fingerprint density at radius 3 is 2.77 bits per heavy atom. The number of nitrogens with zero attached hydrogens (tertiary/aromatic N) is 1. The highest BCUT2D eigenvalue weighted by Gasteiger charge is 2.50. The molecule has 0 radical (unpaired) electrons. The fourth-order valence-electron chi connectivity index (χ4n) is 3.73. The molecule has 1 aromatic carbocycles. The number of imide groups is 1. The third-order valence-corrected chi connectivity index (χ3v) is 5.25. The summed E-state index contributed by atoms with van der Waals surface area (Å²) in [7, 11) is 0. The van der Waals surface area contributed by atoms with Gasteiger partial charge in [0.1, 0.15) is 12.1 Å². The molecule has 3 aliphatic rings. The molecule has 2 N–H and O–H groups in total. The lowest BCUT2D eigenvalue weighted by Gasteiger charge is -2.22. The van der Waals surface area contributed by atoms with Crippen LogP contribution >= 0.6 is 0 Å². The lowest BCUT2D eigenvalue weighted by molar-refractivity contribution is -0.135. The zero-order chi connectivity index (χ0) is 18.3. The first-order chi connectivity index (χ1) is 12.5. The Hall–Kier alpha value is -2.77. The van der Waals surface area contributed by atoms with Crippen molar-refractivity contribution in [3.8, 4) is 11.5 Å². The van der Waals surface area contributed by atoms with Gasteiger partial charge >= 0.3 is 6.03 Å². The van der Waals surface area contributed by atoms with Crippen LogP contribution in [-0.4, -0.2) is 42.1 Å². The smallest absolute Gasteiger partial charge is 0.325 e. The second-order valence-electron chi connectivity index (χ2n) is 7.06. The maximum atomic E-state index is 12.9. The van der Waals surface area contributed by atoms with Gasteiger partial charge in [-0.15, -0.1) is 0 Å². The van der Waals surface area contributed by atoms with E-state index in [2.05, 4.69) is 10.6 Å². The van der Waals surface area contributed by atoms with E-state index in [0.717, 1.165) is 30.6 Å². The molecule has 138 valence electrons. The molecular weight excluding hydrogens is 338 g/mol. The topological polar surface area (TPSA) is 97.0 Å². The maximum absolute atomic E-state index is 12.9. The van der Waals surface area contributed by atoms with Crippen LogP contribution in [0.1, 0.15) is 38.2 Å². The van der Waals surface area contributed by atoms with Gasteiger partial charge in [0.05, 0.1) is 0 Å². The maximum Gasteiger partial charge on any atom is 0.325 e. The number of rotatable bonds is 4. The standard InChI is InChI=1S/C18H21N3O5/c1-18(11-6-7-13-14(8-11)26-10-25-13)16(23)21(17(24)20-18)9-15(22)19-12-4-2-3-5-12/h6-8,12H,2-5,9-10H2,1H3,(H,19,22)(H,20,24)/t18-/m0/s1. The Morgan fingerprint density at radius 2 is 2.00 bits per heavy atom. The minimum atomic E-state index is -1.24. The lowest BCUT2D eigenvalue weighted by atomic mass is 9.91. The van der Waals surface area contributed by atoms with Crippen molar-refractivity contribution in [2.45, 2.75) is 44.2 Å². The van der Waals surface area contributed by atoms with Crippen molar-refractivity contribution in [1.29, 1.82) is 0 Å². The first-order valence-electron chi connectivity index (χ1n) is 8.81. The molecule has 4 amide bonds. The van der Waals surface area contributed by atoms with E-state index in [1.54, 1.807) is 25.1 Å². The molecule has 1 saturated heterocycles. The summed E-state index contributed by atoms with van der Waals surface area (Å²) in [5.41, 5.74) is -0.662. The fraction of sp³-hybridized carbons (Fsp3) is 0.500. The zero-order valence-corrected chi connectivity index (χ0v) is 14.5. The second-order valence-corrected chi connectivity index (χ2v) is 7.06. The van der Waals surface area contributed by atoms with E-state index in [1.807, 2.05) is 0 Å². The molecule has 1 atom stereocenters. The van der Waals surface area contributed by atoms with Gasteiger partial charge in [-0.3, -0.25) is 14.5 Å². The molecule has 2 heterocycles. The molecule has 0 unspecified atom stereocenters. The Morgan fingerprint density at radius 1 is 1.27 bits per heavy atom. The molecule has 0 spiro atoms. The first-order valence-corrected chi connectivity index (χ1v) is 8.81. The van der Waals surface area contributed by atoms with Gasteiger partial charge in [-0.2, -0.15) is 0 Å². The minimum Gasteiger partial charge on any atom is -0.454 e. The highest BCUT2D eigenvalue weighted by Crippen LogP contribution is 2.37. The predicted molar refractivity (Wildman–Crippen MR) is 90.6 cm³/mol. The van der Waals surface area contributed by atoms with Crippen molar-refractivity contribution < 1.29 is 23.9 Å². The normalized spacial score (nSPS) is 24.9. The van der Waals surface area contributed by atoms with E-state index in [4.69, 9.17) is 9.47 Å². The molecule has 26 heavy (non-hydrogen) atoms. The summed E-state index contributed by atoms with van der Waals surface area (Å²) in [6.45, 7) is 1.48. The quantitative estimate of drug-likeness (QED) is 0.789. The van der Waals surface area contributed by atoms with Crippen molar-refractivity contribution in [1.82, 2.24) is 15.5 Å². The van der Waals surface area contributed by atoms with Gasteiger partial charge in [-0.1, -0.05) is 18.9 Å². The molecular formula is C18H21N3O5. The molecule has 0 aromatic heterocycles. The van der Waals surface area contributed by atoms with Crippen molar-refractivity contribution in [3.05, 3.63) is 23.8 Å². The lowest BCUT2D eigenvalue weighted by Crippen LogP contribution is -2.45. The predicted octanol–water partition coefficient (Wildman–Crippen LogP) is 1.24. The van der Waals surface area contributed by atoms with Crippen LogP contribution in [0, 0.1) is 0 Å². The summed E-state index contributed by atoms with van der Waals surface area (Å²) < 4.78 is 10.6. The van der Waals surface area contributed by atoms with Crippen LogP contribution in [0.4, 0.5) is 4.79 Å². The molecule has 1 aromatic rings. The van der Waals surface area contributed by atoms with Gasteiger partial charge in [0, 0.05) is 6.04 Å². The highest BCUT2D eigenvalue weighted by molar-refractivity contribution is 6.09. The largest absolute Gasteiger partial charge is 0.454 e. The van der Waals surface area contributed by atoms with Crippen molar-refractivity contribution in [2.75, 3.05) is 13.3 Å². The Bertz CT molecular complexity index is 774. The summed E-state index contributed by atoms with van der Waals surface area (Å²) in [5, 5.41) is 5.60. The third kappa shape index (κ3) is 2.75. The summed E-state index contributed by atoms with van der Waals surface area (Å²) in [5.74, 6) is 0.364. The van der Waals surface area contributed by atoms with Crippen LogP contribution in [0.15, 0.2) is 18.2 Å².